The molecule has 1 N–H and O–H groups in total. The maximum atomic E-state index is 12.0. The highest BCUT2D eigenvalue weighted by molar-refractivity contribution is 5.89. The van der Waals surface area contributed by atoms with E-state index in [0.29, 0.717) is 30.2 Å². The fraction of sp³-hybridized carbons (Fsp3) is 0.350. The van der Waals surface area contributed by atoms with Gasteiger partial charge in [-0.3, -0.25) is 0 Å². The maximum Gasteiger partial charge on any atom is 0.338 e. The van der Waals surface area contributed by atoms with Gasteiger partial charge in [0.15, 0.2) is 11.5 Å². The van der Waals surface area contributed by atoms with Crippen molar-refractivity contribution in [1.82, 2.24) is 5.32 Å². The third-order valence-corrected chi connectivity index (χ3v) is 3.88. The van der Waals surface area contributed by atoms with Gasteiger partial charge in [-0.05, 0) is 42.8 Å². The van der Waals surface area contributed by atoms with E-state index in [4.69, 9.17) is 14.2 Å². The van der Waals surface area contributed by atoms with Crippen LogP contribution in [0.15, 0.2) is 48.5 Å². The first kappa shape index (κ1) is 19.8. The Balaban J connectivity index is 1.78. The van der Waals surface area contributed by atoms with E-state index >= 15 is 0 Å². The van der Waals surface area contributed by atoms with Crippen molar-refractivity contribution in [1.29, 1.82) is 0 Å². The molecule has 0 aliphatic carbocycles. The second-order valence-electron chi connectivity index (χ2n) is 5.70. The molecule has 0 saturated carbocycles. The summed E-state index contributed by atoms with van der Waals surface area (Å²) in [5.41, 5.74) is 1.52. The van der Waals surface area contributed by atoms with Gasteiger partial charge in [0.1, 0.15) is 12.7 Å². The van der Waals surface area contributed by atoms with E-state index in [9.17, 15) is 9.90 Å². The van der Waals surface area contributed by atoms with Crippen LogP contribution in [0.25, 0.3) is 0 Å². The Kier molecular flexibility index (Phi) is 7.92. The number of benzene rings is 2. The highest BCUT2D eigenvalue weighted by atomic mass is 16.6. The molecule has 0 aliphatic heterocycles. The number of methoxy groups -OCH3 is 2. The van der Waals surface area contributed by atoms with Crippen molar-refractivity contribution >= 4 is 5.97 Å². The molecule has 2 rings (SSSR count). The zero-order chi connectivity index (χ0) is 18.8. The van der Waals surface area contributed by atoms with Crippen LogP contribution < -0.4 is 14.8 Å². The molecule has 6 nitrogen and oxygen atoms in total. The number of nitrogens with one attached hydrogen (secondary N) is 1. The van der Waals surface area contributed by atoms with Gasteiger partial charge in [-0.25, -0.2) is 9.90 Å². The molecule has 1 unspecified atom stereocenters. The van der Waals surface area contributed by atoms with Crippen LogP contribution in [0.1, 0.15) is 15.9 Å². The van der Waals surface area contributed by atoms with Crippen molar-refractivity contribution < 1.29 is 24.1 Å². The van der Waals surface area contributed by atoms with Crippen LogP contribution in [0.2, 0.25) is 0 Å². The number of rotatable bonds is 10. The monoisotopic (exact) mass is 358 g/mol. The maximum absolute atomic E-state index is 12.0. The molecule has 0 aliphatic rings. The first-order valence-corrected chi connectivity index (χ1v) is 8.43. The van der Waals surface area contributed by atoms with Gasteiger partial charge in [0.2, 0.25) is 0 Å². The lowest BCUT2D eigenvalue weighted by Gasteiger charge is -2.16. The van der Waals surface area contributed by atoms with Crippen LogP contribution in [0.3, 0.4) is 0 Å². The van der Waals surface area contributed by atoms with Gasteiger partial charge in [-0.15, -0.1) is 0 Å². The minimum absolute atomic E-state index is 0.315. The molecule has 0 fully saturated rings. The molecule has 2 aromatic rings. The largest absolute Gasteiger partial charge is 0.493 e. The fourth-order valence-corrected chi connectivity index (χ4v) is 2.46. The van der Waals surface area contributed by atoms with Crippen molar-refractivity contribution in [3.8, 4) is 11.5 Å². The summed E-state index contributed by atoms with van der Waals surface area (Å²) in [6.07, 6.45) is 0.0478. The molecular formula is C20H24NO5. The summed E-state index contributed by atoms with van der Waals surface area (Å²) in [6.45, 7) is 0.478. The zero-order valence-electron chi connectivity index (χ0n) is 15.1. The number of ether oxygens (including phenoxy) is 3. The van der Waals surface area contributed by atoms with Gasteiger partial charge < -0.3 is 19.5 Å². The summed E-state index contributed by atoms with van der Waals surface area (Å²) in [6, 6.07) is 14.4. The highest BCUT2D eigenvalue weighted by Crippen LogP contribution is 2.27. The number of esters is 1. The first-order chi connectivity index (χ1) is 12.7. The van der Waals surface area contributed by atoms with Crippen LogP contribution in [0.5, 0.6) is 11.5 Å². The van der Waals surface area contributed by atoms with E-state index in [1.807, 2.05) is 24.3 Å². The third-order valence-electron chi connectivity index (χ3n) is 3.88. The summed E-state index contributed by atoms with van der Waals surface area (Å²) in [5, 5.41) is 14.4. The molecule has 1 radical (unpaired) electrons. The molecule has 0 amide bonds. The summed E-state index contributed by atoms with van der Waals surface area (Å²) in [5.74, 6) is 0.885. The Labute approximate surface area is 153 Å². The quantitative estimate of drug-likeness (QED) is 0.522. The number of hydrogen-bond acceptors (Lipinski definition) is 5. The van der Waals surface area contributed by atoms with E-state index in [-0.39, 0.29) is 0 Å². The van der Waals surface area contributed by atoms with Crippen LogP contribution in [0.4, 0.5) is 0 Å². The fourth-order valence-electron chi connectivity index (χ4n) is 2.46. The van der Waals surface area contributed by atoms with E-state index < -0.39 is 18.7 Å². The third kappa shape index (κ3) is 5.75. The molecule has 6 heteroatoms. The van der Waals surface area contributed by atoms with Crippen molar-refractivity contribution in [2.75, 3.05) is 33.9 Å². The van der Waals surface area contributed by atoms with Gasteiger partial charge in [0, 0.05) is 6.54 Å². The van der Waals surface area contributed by atoms with Crippen molar-refractivity contribution in [3.63, 3.8) is 0 Å². The van der Waals surface area contributed by atoms with Gasteiger partial charge in [-0.1, -0.05) is 24.3 Å². The standard InChI is InChI=1S/C20H24NO5/c1-24-18-9-8-15(12-19(18)25-2)10-11-21-13-17(14-22)26-20(23)16-6-4-3-5-7-16/h3-9,12,17,21H,10-11,13-14H2,1-2H3. The summed E-state index contributed by atoms with van der Waals surface area (Å²) >= 11 is 0. The second-order valence-corrected chi connectivity index (χ2v) is 5.70. The topological polar surface area (TPSA) is 76.7 Å². The smallest absolute Gasteiger partial charge is 0.338 e. The minimum Gasteiger partial charge on any atom is -0.493 e. The van der Waals surface area contributed by atoms with Crippen LogP contribution in [0, 0.1) is 0 Å². The normalized spacial score (nSPS) is 11.7. The Bertz CT molecular complexity index is 690. The van der Waals surface area contributed by atoms with E-state index in [2.05, 4.69) is 5.32 Å². The molecule has 0 spiro atoms. The van der Waals surface area contributed by atoms with Crippen molar-refractivity contribution in [2.45, 2.75) is 12.5 Å². The SMILES string of the molecule is COc1ccc(CCNCC(C[O])OC(=O)c2ccccc2)cc1OC. The predicted octanol–water partition coefficient (Wildman–Crippen LogP) is 2.49. The molecule has 26 heavy (non-hydrogen) atoms. The molecular weight excluding hydrogens is 334 g/mol. The van der Waals surface area contributed by atoms with Gasteiger partial charge in [-0.2, -0.15) is 0 Å². The van der Waals surface area contributed by atoms with Crippen LogP contribution >= 0.6 is 0 Å². The number of carbonyl (C=O) groups is 1. The lowest BCUT2D eigenvalue weighted by atomic mass is 10.1. The summed E-state index contributed by atoms with van der Waals surface area (Å²) in [4.78, 5) is 12.0. The first-order valence-electron chi connectivity index (χ1n) is 8.43. The predicted molar refractivity (Wildman–Crippen MR) is 97.3 cm³/mol. The van der Waals surface area contributed by atoms with Crippen molar-refractivity contribution in [2.24, 2.45) is 0 Å². The molecule has 0 aromatic heterocycles. The Hall–Kier alpha value is -2.57. The summed E-state index contributed by atoms with van der Waals surface area (Å²) in [7, 11) is 3.19. The van der Waals surface area contributed by atoms with Gasteiger partial charge in [0.05, 0.1) is 19.8 Å². The van der Waals surface area contributed by atoms with Crippen LogP contribution in [-0.4, -0.2) is 46.0 Å². The molecule has 1 atom stereocenters. The van der Waals surface area contributed by atoms with E-state index in [0.717, 1.165) is 12.0 Å². The van der Waals surface area contributed by atoms with E-state index in [1.165, 1.54) is 0 Å². The molecule has 2 aromatic carbocycles. The van der Waals surface area contributed by atoms with Crippen LogP contribution in [-0.2, 0) is 16.3 Å². The zero-order valence-corrected chi connectivity index (χ0v) is 15.1. The molecule has 0 saturated heterocycles. The van der Waals surface area contributed by atoms with Gasteiger partial charge in [0.25, 0.3) is 0 Å². The lowest BCUT2D eigenvalue weighted by Crippen LogP contribution is -2.34. The molecule has 0 bridgehead atoms. The highest BCUT2D eigenvalue weighted by Gasteiger charge is 2.15. The minimum atomic E-state index is -0.701. The van der Waals surface area contributed by atoms with E-state index in [1.54, 1.807) is 38.5 Å². The number of hydrogen-bond donors (Lipinski definition) is 1. The average Bonchev–Trinajstić information content (AvgIpc) is 2.70. The number of carbonyl (C=O) groups excluding carboxylic acids is 1. The second kappa shape index (κ2) is 10.4. The molecule has 139 valence electrons. The Morgan fingerprint density at radius 2 is 1.77 bits per heavy atom. The van der Waals surface area contributed by atoms with Crippen molar-refractivity contribution in [3.05, 3.63) is 59.7 Å². The lowest BCUT2D eigenvalue weighted by molar-refractivity contribution is 0.00201. The summed E-state index contributed by atoms with van der Waals surface area (Å²) < 4.78 is 15.7. The average molecular weight is 358 g/mol. The Morgan fingerprint density at radius 3 is 2.42 bits per heavy atom. The Morgan fingerprint density at radius 1 is 1.04 bits per heavy atom. The van der Waals surface area contributed by atoms with Gasteiger partial charge >= 0.3 is 5.97 Å². The molecule has 0 heterocycles.